The van der Waals surface area contributed by atoms with Crippen LogP contribution in [0.5, 0.6) is 0 Å². The molecule has 0 aliphatic heterocycles. The summed E-state index contributed by atoms with van der Waals surface area (Å²) in [5, 5.41) is 16.3. The van der Waals surface area contributed by atoms with Crippen molar-refractivity contribution < 1.29 is 14.7 Å². The topological polar surface area (TPSA) is 84.2 Å². The molecule has 2 N–H and O–H groups in total. The minimum Gasteiger partial charge on any atom is -0.481 e. The second-order valence-electron chi connectivity index (χ2n) is 6.54. The first kappa shape index (κ1) is 17.2. The zero-order chi connectivity index (χ0) is 17.6. The second-order valence-corrected chi connectivity index (χ2v) is 6.54. The van der Waals surface area contributed by atoms with Gasteiger partial charge in [0.2, 0.25) is 0 Å². The van der Waals surface area contributed by atoms with Crippen molar-refractivity contribution in [1.82, 2.24) is 15.1 Å². The van der Waals surface area contributed by atoms with Gasteiger partial charge >= 0.3 is 5.97 Å². The van der Waals surface area contributed by atoms with E-state index in [1.165, 1.54) is 19.3 Å². The summed E-state index contributed by atoms with van der Waals surface area (Å²) in [6, 6.07) is 8.95. The molecule has 6 heteroatoms. The molecule has 1 saturated carbocycles. The van der Waals surface area contributed by atoms with E-state index in [0.717, 1.165) is 18.4 Å². The molecule has 1 atom stereocenters. The third kappa shape index (κ3) is 4.47. The van der Waals surface area contributed by atoms with Crippen LogP contribution in [0.2, 0.25) is 0 Å². The SMILES string of the molecule is O=C(O)CC(NC(=O)c1cnn(C2CCCCC2)c1)c1ccccc1. The summed E-state index contributed by atoms with van der Waals surface area (Å²) in [5.74, 6) is -1.25. The van der Waals surface area contributed by atoms with Crippen LogP contribution in [0.15, 0.2) is 42.7 Å². The molecule has 1 amide bonds. The Labute approximate surface area is 146 Å². The number of aliphatic carboxylic acids is 1. The van der Waals surface area contributed by atoms with Crippen molar-refractivity contribution in [2.24, 2.45) is 0 Å². The second kappa shape index (κ2) is 7.96. The molecule has 1 aromatic carbocycles. The Hall–Kier alpha value is -2.63. The lowest BCUT2D eigenvalue weighted by atomic mass is 9.96. The van der Waals surface area contributed by atoms with Crippen molar-refractivity contribution in [3.8, 4) is 0 Å². The monoisotopic (exact) mass is 341 g/mol. The van der Waals surface area contributed by atoms with E-state index in [0.29, 0.717) is 11.6 Å². The summed E-state index contributed by atoms with van der Waals surface area (Å²) in [4.78, 5) is 23.7. The molecule has 1 aliphatic carbocycles. The summed E-state index contributed by atoms with van der Waals surface area (Å²) >= 11 is 0. The summed E-state index contributed by atoms with van der Waals surface area (Å²) < 4.78 is 1.88. The van der Waals surface area contributed by atoms with Crippen LogP contribution in [0.4, 0.5) is 0 Å². The molecule has 25 heavy (non-hydrogen) atoms. The van der Waals surface area contributed by atoms with Crippen LogP contribution >= 0.6 is 0 Å². The highest BCUT2D eigenvalue weighted by Gasteiger charge is 2.21. The molecule has 1 aromatic heterocycles. The fraction of sp³-hybridized carbons (Fsp3) is 0.421. The van der Waals surface area contributed by atoms with Crippen molar-refractivity contribution in [1.29, 1.82) is 0 Å². The number of nitrogens with one attached hydrogen (secondary N) is 1. The maximum atomic E-state index is 12.5. The number of hydrogen-bond donors (Lipinski definition) is 2. The lowest BCUT2D eigenvalue weighted by Crippen LogP contribution is -2.30. The van der Waals surface area contributed by atoms with Gasteiger partial charge in [0, 0.05) is 6.20 Å². The molecule has 132 valence electrons. The van der Waals surface area contributed by atoms with Gasteiger partial charge in [-0.15, -0.1) is 0 Å². The summed E-state index contributed by atoms with van der Waals surface area (Å²) in [6.07, 6.45) is 9.01. The van der Waals surface area contributed by atoms with E-state index in [9.17, 15) is 9.59 Å². The molecule has 3 rings (SSSR count). The van der Waals surface area contributed by atoms with Crippen molar-refractivity contribution in [3.05, 3.63) is 53.9 Å². The van der Waals surface area contributed by atoms with Gasteiger partial charge in [0.05, 0.1) is 30.3 Å². The third-order valence-corrected chi connectivity index (χ3v) is 4.70. The van der Waals surface area contributed by atoms with Gasteiger partial charge in [-0.3, -0.25) is 14.3 Å². The van der Waals surface area contributed by atoms with Crippen LogP contribution in [0.1, 0.15) is 66.5 Å². The van der Waals surface area contributed by atoms with E-state index in [2.05, 4.69) is 10.4 Å². The van der Waals surface area contributed by atoms with Crippen LogP contribution in [-0.2, 0) is 4.79 Å². The molecule has 1 heterocycles. The smallest absolute Gasteiger partial charge is 0.305 e. The Balaban J connectivity index is 1.70. The van der Waals surface area contributed by atoms with Crippen molar-refractivity contribution >= 4 is 11.9 Å². The number of carbonyl (C=O) groups is 2. The Morgan fingerprint density at radius 2 is 1.92 bits per heavy atom. The Morgan fingerprint density at radius 1 is 1.20 bits per heavy atom. The molecular formula is C19H23N3O3. The van der Waals surface area contributed by atoms with Crippen LogP contribution in [0.3, 0.4) is 0 Å². The first-order chi connectivity index (χ1) is 12.1. The quantitative estimate of drug-likeness (QED) is 0.844. The average Bonchev–Trinajstić information content (AvgIpc) is 3.12. The maximum Gasteiger partial charge on any atom is 0.305 e. The van der Waals surface area contributed by atoms with E-state index in [4.69, 9.17) is 5.11 Å². The van der Waals surface area contributed by atoms with Crippen molar-refractivity contribution in [3.63, 3.8) is 0 Å². The first-order valence-corrected chi connectivity index (χ1v) is 8.75. The van der Waals surface area contributed by atoms with Gasteiger partial charge in [-0.2, -0.15) is 5.10 Å². The third-order valence-electron chi connectivity index (χ3n) is 4.70. The predicted octanol–water partition coefficient (Wildman–Crippen LogP) is 3.33. The summed E-state index contributed by atoms with van der Waals surface area (Å²) in [6.45, 7) is 0. The largest absolute Gasteiger partial charge is 0.481 e. The molecule has 0 bridgehead atoms. The molecular weight excluding hydrogens is 318 g/mol. The van der Waals surface area contributed by atoms with Gasteiger partial charge in [0.15, 0.2) is 0 Å². The number of amides is 1. The number of benzene rings is 1. The molecule has 1 unspecified atom stereocenters. The van der Waals surface area contributed by atoms with Crippen LogP contribution < -0.4 is 5.32 Å². The zero-order valence-electron chi connectivity index (χ0n) is 14.1. The number of carbonyl (C=O) groups excluding carboxylic acids is 1. The number of aromatic nitrogens is 2. The highest BCUT2D eigenvalue weighted by Crippen LogP contribution is 2.27. The minimum atomic E-state index is -0.952. The van der Waals surface area contributed by atoms with Crippen LogP contribution in [0.25, 0.3) is 0 Å². The maximum absolute atomic E-state index is 12.5. The van der Waals surface area contributed by atoms with E-state index >= 15 is 0 Å². The van der Waals surface area contributed by atoms with E-state index in [1.807, 2.05) is 35.0 Å². The van der Waals surface area contributed by atoms with Gasteiger partial charge in [0.1, 0.15) is 0 Å². The molecule has 2 aromatic rings. The fourth-order valence-electron chi connectivity index (χ4n) is 3.35. The molecule has 0 radical (unpaired) electrons. The van der Waals surface area contributed by atoms with Crippen LogP contribution in [-0.4, -0.2) is 26.8 Å². The van der Waals surface area contributed by atoms with E-state index in [-0.39, 0.29) is 12.3 Å². The number of rotatable bonds is 6. The summed E-state index contributed by atoms with van der Waals surface area (Å²) in [5.41, 5.74) is 1.25. The number of carboxylic acid groups (broad SMARTS) is 1. The normalized spacial score (nSPS) is 16.3. The standard InChI is InChI=1S/C19H23N3O3/c23-18(24)11-17(14-7-3-1-4-8-14)21-19(25)15-12-20-22(13-15)16-9-5-2-6-10-16/h1,3-4,7-8,12-13,16-17H,2,5-6,9-11H2,(H,21,25)(H,23,24). The lowest BCUT2D eigenvalue weighted by molar-refractivity contribution is -0.137. The zero-order valence-corrected chi connectivity index (χ0v) is 14.1. The highest BCUT2D eigenvalue weighted by atomic mass is 16.4. The van der Waals surface area contributed by atoms with Crippen LogP contribution in [0, 0.1) is 0 Å². The highest BCUT2D eigenvalue weighted by molar-refractivity contribution is 5.94. The van der Waals surface area contributed by atoms with E-state index in [1.54, 1.807) is 12.4 Å². The van der Waals surface area contributed by atoms with Gasteiger partial charge in [-0.1, -0.05) is 49.6 Å². The Morgan fingerprint density at radius 3 is 2.60 bits per heavy atom. The fourth-order valence-corrected chi connectivity index (χ4v) is 3.35. The van der Waals surface area contributed by atoms with Gasteiger partial charge < -0.3 is 10.4 Å². The molecule has 1 fully saturated rings. The van der Waals surface area contributed by atoms with Crippen molar-refractivity contribution in [2.45, 2.75) is 50.6 Å². The number of carboxylic acids is 1. The molecule has 1 aliphatic rings. The molecule has 6 nitrogen and oxygen atoms in total. The average molecular weight is 341 g/mol. The first-order valence-electron chi connectivity index (χ1n) is 8.75. The minimum absolute atomic E-state index is 0.160. The van der Waals surface area contributed by atoms with Crippen molar-refractivity contribution in [2.75, 3.05) is 0 Å². The Kier molecular flexibility index (Phi) is 5.48. The van der Waals surface area contributed by atoms with Gasteiger partial charge in [0.25, 0.3) is 5.91 Å². The summed E-state index contributed by atoms with van der Waals surface area (Å²) in [7, 11) is 0. The lowest BCUT2D eigenvalue weighted by Gasteiger charge is -2.21. The van der Waals surface area contributed by atoms with Gasteiger partial charge in [-0.05, 0) is 18.4 Å². The Bertz CT molecular complexity index is 721. The number of nitrogens with zero attached hydrogens (tertiary/aromatic N) is 2. The van der Waals surface area contributed by atoms with E-state index < -0.39 is 12.0 Å². The predicted molar refractivity (Wildman–Crippen MR) is 93.3 cm³/mol. The molecule has 0 spiro atoms. The molecule has 0 saturated heterocycles. The number of hydrogen-bond acceptors (Lipinski definition) is 3. The van der Waals surface area contributed by atoms with Gasteiger partial charge in [-0.25, -0.2) is 0 Å².